The third kappa shape index (κ3) is 4.55. The van der Waals surface area contributed by atoms with E-state index < -0.39 is 0 Å². The molecule has 0 aromatic rings. The molecule has 0 aromatic heterocycles. The Morgan fingerprint density at radius 1 is 1.00 bits per heavy atom. The van der Waals surface area contributed by atoms with Crippen molar-refractivity contribution in [3.8, 4) is 0 Å². The van der Waals surface area contributed by atoms with Gasteiger partial charge in [0.2, 0.25) is 0 Å². The second kappa shape index (κ2) is 7.49. The van der Waals surface area contributed by atoms with Crippen LogP contribution in [0.25, 0.3) is 0 Å². The summed E-state index contributed by atoms with van der Waals surface area (Å²) in [6.45, 7) is 11.1. The Morgan fingerprint density at radius 2 is 1.72 bits per heavy atom. The van der Waals surface area contributed by atoms with Crippen molar-refractivity contribution >= 4 is 0 Å². The molecule has 2 nitrogen and oxygen atoms in total. The van der Waals surface area contributed by atoms with Gasteiger partial charge < -0.3 is 10.2 Å². The number of hydrogen-bond acceptors (Lipinski definition) is 2. The zero-order valence-electron chi connectivity index (χ0n) is 12.5. The zero-order chi connectivity index (χ0) is 12.8. The predicted molar refractivity (Wildman–Crippen MR) is 78.8 cm³/mol. The van der Waals surface area contributed by atoms with Crippen molar-refractivity contribution in [1.82, 2.24) is 10.2 Å². The van der Waals surface area contributed by atoms with E-state index in [2.05, 4.69) is 24.1 Å². The van der Waals surface area contributed by atoms with Gasteiger partial charge in [0.25, 0.3) is 0 Å². The molecule has 2 rings (SSSR count). The predicted octanol–water partition coefficient (Wildman–Crippen LogP) is 3.13. The lowest BCUT2D eigenvalue weighted by atomic mass is 9.82. The highest BCUT2D eigenvalue weighted by Gasteiger charge is 2.20. The first-order valence-corrected chi connectivity index (χ1v) is 8.21. The van der Waals surface area contributed by atoms with E-state index in [1.807, 2.05) is 0 Å². The number of nitrogens with zero attached hydrogens (tertiary/aromatic N) is 1. The maximum Gasteiger partial charge on any atom is -0.00157 e. The molecule has 1 heterocycles. The Hall–Kier alpha value is -0.0800. The monoisotopic (exact) mass is 252 g/mol. The molecule has 18 heavy (non-hydrogen) atoms. The van der Waals surface area contributed by atoms with Crippen LogP contribution in [-0.2, 0) is 0 Å². The van der Waals surface area contributed by atoms with Crippen molar-refractivity contribution in [3.05, 3.63) is 0 Å². The standard InChI is InChI=1S/C16H32N2/c1-3-18-9-7-15(8-10-18)12-17-13-16-6-4-5-14(2)11-16/h14-17H,3-13H2,1-2H3. The maximum atomic E-state index is 3.76. The molecule has 0 radical (unpaired) electrons. The van der Waals surface area contributed by atoms with Crippen molar-refractivity contribution < 1.29 is 0 Å². The lowest BCUT2D eigenvalue weighted by molar-refractivity contribution is 0.186. The van der Waals surface area contributed by atoms with Gasteiger partial charge in [-0.25, -0.2) is 0 Å². The molecule has 1 N–H and O–H groups in total. The summed E-state index contributed by atoms with van der Waals surface area (Å²) < 4.78 is 0. The molecule has 106 valence electrons. The molecule has 1 aliphatic heterocycles. The highest BCUT2D eigenvalue weighted by atomic mass is 15.1. The second-order valence-corrected chi connectivity index (χ2v) is 6.67. The summed E-state index contributed by atoms with van der Waals surface area (Å²) in [5.41, 5.74) is 0. The average molecular weight is 252 g/mol. The third-order valence-electron chi connectivity index (χ3n) is 5.07. The van der Waals surface area contributed by atoms with Gasteiger partial charge >= 0.3 is 0 Å². The van der Waals surface area contributed by atoms with E-state index in [-0.39, 0.29) is 0 Å². The van der Waals surface area contributed by atoms with Crippen LogP contribution in [0, 0.1) is 17.8 Å². The van der Waals surface area contributed by atoms with Crippen molar-refractivity contribution in [3.63, 3.8) is 0 Å². The summed E-state index contributed by atoms with van der Waals surface area (Å²) in [6.07, 6.45) is 8.66. The third-order valence-corrected chi connectivity index (χ3v) is 5.07. The van der Waals surface area contributed by atoms with Gasteiger partial charge in [-0.15, -0.1) is 0 Å². The van der Waals surface area contributed by atoms with Gasteiger partial charge in [-0.3, -0.25) is 0 Å². The second-order valence-electron chi connectivity index (χ2n) is 6.67. The Kier molecular flexibility index (Phi) is 5.97. The Balaban J connectivity index is 1.55. The van der Waals surface area contributed by atoms with Crippen molar-refractivity contribution in [2.75, 3.05) is 32.7 Å². The molecule has 1 saturated carbocycles. The van der Waals surface area contributed by atoms with Gasteiger partial charge in [0.05, 0.1) is 0 Å². The minimum atomic E-state index is 0.939. The van der Waals surface area contributed by atoms with Crippen LogP contribution in [0.3, 0.4) is 0 Å². The molecule has 2 unspecified atom stereocenters. The fraction of sp³-hybridized carbons (Fsp3) is 1.00. The van der Waals surface area contributed by atoms with E-state index in [0.29, 0.717) is 0 Å². The fourth-order valence-electron chi connectivity index (χ4n) is 3.74. The Bertz CT molecular complexity index is 221. The van der Waals surface area contributed by atoms with Gasteiger partial charge in [-0.2, -0.15) is 0 Å². The van der Waals surface area contributed by atoms with Crippen LogP contribution in [0.15, 0.2) is 0 Å². The van der Waals surface area contributed by atoms with Crippen LogP contribution >= 0.6 is 0 Å². The van der Waals surface area contributed by atoms with Crippen LogP contribution in [0.5, 0.6) is 0 Å². The lowest BCUT2D eigenvalue weighted by Crippen LogP contribution is -2.38. The van der Waals surface area contributed by atoms with Crippen LogP contribution in [0.1, 0.15) is 52.4 Å². The zero-order valence-corrected chi connectivity index (χ0v) is 12.5. The normalized spacial score (nSPS) is 31.7. The molecule has 1 saturated heterocycles. The van der Waals surface area contributed by atoms with Gasteiger partial charge in [0, 0.05) is 0 Å². The summed E-state index contributed by atoms with van der Waals surface area (Å²) in [5.74, 6) is 2.87. The van der Waals surface area contributed by atoms with Crippen molar-refractivity contribution in [1.29, 1.82) is 0 Å². The van der Waals surface area contributed by atoms with E-state index in [1.54, 1.807) is 0 Å². The maximum absolute atomic E-state index is 3.76. The van der Waals surface area contributed by atoms with E-state index in [0.717, 1.165) is 17.8 Å². The molecular weight excluding hydrogens is 220 g/mol. The van der Waals surface area contributed by atoms with E-state index in [4.69, 9.17) is 0 Å². The lowest BCUT2D eigenvalue weighted by Gasteiger charge is -2.32. The number of likely N-dealkylation sites (tertiary alicyclic amines) is 1. The molecular formula is C16H32N2. The Morgan fingerprint density at radius 3 is 2.39 bits per heavy atom. The summed E-state index contributed by atoms with van der Waals surface area (Å²) in [5, 5.41) is 3.76. The molecule has 2 atom stereocenters. The first kappa shape index (κ1) is 14.3. The summed E-state index contributed by atoms with van der Waals surface area (Å²) >= 11 is 0. The molecule has 0 amide bonds. The topological polar surface area (TPSA) is 15.3 Å². The smallest absolute Gasteiger partial charge is 0.00157 e. The summed E-state index contributed by atoms with van der Waals surface area (Å²) in [4.78, 5) is 2.58. The first-order valence-electron chi connectivity index (χ1n) is 8.21. The van der Waals surface area contributed by atoms with Gasteiger partial charge in [0.15, 0.2) is 0 Å². The molecule has 0 spiro atoms. The van der Waals surface area contributed by atoms with Crippen LogP contribution in [0.2, 0.25) is 0 Å². The summed E-state index contributed by atoms with van der Waals surface area (Å²) in [7, 11) is 0. The average Bonchev–Trinajstić information content (AvgIpc) is 2.40. The SMILES string of the molecule is CCN1CCC(CNCC2CCCC(C)C2)CC1. The largest absolute Gasteiger partial charge is 0.316 e. The number of hydrogen-bond donors (Lipinski definition) is 1. The van der Waals surface area contributed by atoms with Gasteiger partial charge in [-0.1, -0.05) is 26.7 Å². The van der Waals surface area contributed by atoms with Gasteiger partial charge in [-0.05, 0) is 76.2 Å². The quantitative estimate of drug-likeness (QED) is 0.808. The van der Waals surface area contributed by atoms with E-state index in [1.165, 1.54) is 71.2 Å². The van der Waals surface area contributed by atoms with Gasteiger partial charge in [0.1, 0.15) is 0 Å². The van der Waals surface area contributed by atoms with Crippen LogP contribution in [0.4, 0.5) is 0 Å². The van der Waals surface area contributed by atoms with Crippen molar-refractivity contribution in [2.24, 2.45) is 17.8 Å². The van der Waals surface area contributed by atoms with E-state index in [9.17, 15) is 0 Å². The molecule has 0 aromatic carbocycles. The molecule has 2 aliphatic rings. The first-order chi connectivity index (χ1) is 8.78. The molecule has 0 bridgehead atoms. The fourth-order valence-corrected chi connectivity index (χ4v) is 3.74. The molecule has 1 aliphatic carbocycles. The minimum absolute atomic E-state index is 0.939. The number of rotatable bonds is 5. The highest BCUT2D eigenvalue weighted by molar-refractivity contribution is 4.76. The minimum Gasteiger partial charge on any atom is -0.316 e. The van der Waals surface area contributed by atoms with Crippen molar-refractivity contribution in [2.45, 2.75) is 52.4 Å². The molecule has 2 heteroatoms. The van der Waals surface area contributed by atoms with Crippen LogP contribution in [-0.4, -0.2) is 37.6 Å². The van der Waals surface area contributed by atoms with E-state index >= 15 is 0 Å². The molecule has 2 fully saturated rings. The number of piperidine rings is 1. The van der Waals surface area contributed by atoms with Crippen LogP contribution < -0.4 is 5.32 Å². The summed E-state index contributed by atoms with van der Waals surface area (Å²) in [6, 6.07) is 0. The highest BCUT2D eigenvalue weighted by Crippen LogP contribution is 2.28. The Labute approximate surface area is 114 Å². The number of nitrogens with one attached hydrogen (secondary N) is 1.